The molecule has 0 aromatic carbocycles. The van der Waals surface area contributed by atoms with Gasteiger partial charge in [0.25, 0.3) is 11.6 Å². The number of carbonyl (C=O) groups excluding carboxylic acids is 1. The summed E-state index contributed by atoms with van der Waals surface area (Å²) in [5.74, 6) is 0.117. The van der Waals surface area contributed by atoms with Gasteiger partial charge in [-0.15, -0.1) is 0 Å². The minimum Gasteiger partial charge on any atom is -0.352 e. The van der Waals surface area contributed by atoms with Crippen LogP contribution in [0.1, 0.15) is 48.4 Å². The molecule has 0 radical (unpaired) electrons. The number of nitrogens with one attached hydrogen (secondary N) is 1. The molecule has 0 unspecified atom stereocenters. The van der Waals surface area contributed by atoms with E-state index in [2.05, 4.69) is 15.5 Å². The summed E-state index contributed by atoms with van der Waals surface area (Å²) >= 11 is 0. The first-order valence-electron chi connectivity index (χ1n) is 6.09. The van der Waals surface area contributed by atoms with Crippen LogP contribution in [-0.2, 0) is 0 Å². The molecule has 0 atom stereocenters. The third kappa shape index (κ3) is 2.08. The molecule has 96 valence electrons. The standard InChI is InChI=1S/C13H17N3O2/c1-5-14-12(17)9-6-10(7(2)3)15-13-11(9)8(4)16-18-13/h6-7H,5H2,1-4H3,(H,14,17). The van der Waals surface area contributed by atoms with Crippen LogP contribution in [0, 0.1) is 6.92 Å². The molecular weight excluding hydrogens is 230 g/mol. The first-order chi connectivity index (χ1) is 8.54. The lowest BCUT2D eigenvalue weighted by Crippen LogP contribution is -2.23. The summed E-state index contributed by atoms with van der Waals surface area (Å²) in [4.78, 5) is 16.5. The maximum atomic E-state index is 12.1. The van der Waals surface area contributed by atoms with Crippen LogP contribution in [0.25, 0.3) is 11.1 Å². The second-order valence-electron chi connectivity index (χ2n) is 4.56. The van der Waals surface area contributed by atoms with Crippen molar-refractivity contribution in [3.8, 4) is 0 Å². The molecule has 0 fully saturated rings. The molecule has 1 amide bonds. The normalized spacial score (nSPS) is 11.2. The summed E-state index contributed by atoms with van der Waals surface area (Å²) in [5, 5.41) is 7.38. The minimum absolute atomic E-state index is 0.113. The number of rotatable bonds is 3. The van der Waals surface area contributed by atoms with E-state index in [1.807, 2.05) is 33.8 Å². The van der Waals surface area contributed by atoms with E-state index in [0.29, 0.717) is 28.9 Å². The van der Waals surface area contributed by atoms with Crippen molar-refractivity contribution in [2.75, 3.05) is 6.54 Å². The summed E-state index contributed by atoms with van der Waals surface area (Å²) in [6, 6.07) is 1.82. The Morgan fingerprint density at radius 2 is 2.22 bits per heavy atom. The molecule has 0 aliphatic heterocycles. The van der Waals surface area contributed by atoms with Gasteiger partial charge >= 0.3 is 0 Å². The summed E-state index contributed by atoms with van der Waals surface area (Å²) in [7, 11) is 0. The monoisotopic (exact) mass is 247 g/mol. The molecule has 2 heterocycles. The Labute approximate surface area is 106 Å². The van der Waals surface area contributed by atoms with Gasteiger partial charge in [0.1, 0.15) is 0 Å². The van der Waals surface area contributed by atoms with Crippen LogP contribution >= 0.6 is 0 Å². The lowest BCUT2D eigenvalue weighted by atomic mass is 10.0. The highest BCUT2D eigenvalue weighted by molar-refractivity contribution is 6.06. The van der Waals surface area contributed by atoms with Crippen LogP contribution in [0.4, 0.5) is 0 Å². The molecular formula is C13H17N3O2. The summed E-state index contributed by atoms with van der Waals surface area (Å²) in [6.07, 6.45) is 0. The largest absolute Gasteiger partial charge is 0.352 e. The van der Waals surface area contributed by atoms with Crippen LogP contribution in [0.15, 0.2) is 10.6 Å². The second kappa shape index (κ2) is 4.76. The minimum atomic E-state index is -0.113. The Bertz CT molecular complexity index is 587. The van der Waals surface area contributed by atoms with Gasteiger partial charge in [-0.3, -0.25) is 4.79 Å². The molecule has 0 saturated carbocycles. The molecule has 5 nitrogen and oxygen atoms in total. The van der Waals surface area contributed by atoms with Gasteiger partial charge in [-0.05, 0) is 25.8 Å². The number of nitrogens with zero attached hydrogens (tertiary/aromatic N) is 2. The number of carbonyl (C=O) groups is 1. The number of aryl methyl sites for hydroxylation is 1. The third-order valence-electron chi connectivity index (χ3n) is 2.81. The van der Waals surface area contributed by atoms with E-state index < -0.39 is 0 Å². The van der Waals surface area contributed by atoms with Crippen molar-refractivity contribution in [2.45, 2.75) is 33.6 Å². The number of hydrogen-bond donors (Lipinski definition) is 1. The van der Waals surface area contributed by atoms with Gasteiger partial charge < -0.3 is 9.84 Å². The molecule has 0 aliphatic rings. The third-order valence-corrected chi connectivity index (χ3v) is 2.81. The van der Waals surface area contributed by atoms with Crippen LogP contribution in [0.3, 0.4) is 0 Å². The van der Waals surface area contributed by atoms with Crippen LogP contribution in [0.5, 0.6) is 0 Å². The summed E-state index contributed by atoms with van der Waals surface area (Å²) in [5.41, 5.74) is 2.54. The SMILES string of the molecule is CCNC(=O)c1cc(C(C)C)nc2onc(C)c12. The Kier molecular flexibility index (Phi) is 3.32. The van der Waals surface area contributed by atoms with Gasteiger partial charge in [-0.2, -0.15) is 0 Å². The Hall–Kier alpha value is -1.91. The molecule has 18 heavy (non-hydrogen) atoms. The van der Waals surface area contributed by atoms with Crippen LogP contribution < -0.4 is 5.32 Å². The molecule has 0 saturated heterocycles. The molecule has 2 rings (SSSR count). The Morgan fingerprint density at radius 1 is 1.50 bits per heavy atom. The topological polar surface area (TPSA) is 68.0 Å². The second-order valence-corrected chi connectivity index (χ2v) is 4.56. The highest BCUT2D eigenvalue weighted by atomic mass is 16.5. The average Bonchev–Trinajstić information content (AvgIpc) is 2.70. The van der Waals surface area contributed by atoms with Crippen molar-refractivity contribution in [1.82, 2.24) is 15.5 Å². The Balaban J connectivity index is 2.66. The number of fused-ring (bicyclic) bond motifs is 1. The number of pyridine rings is 1. The number of hydrogen-bond acceptors (Lipinski definition) is 4. The van der Waals surface area contributed by atoms with Crippen LogP contribution in [-0.4, -0.2) is 22.6 Å². The highest BCUT2D eigenvalue weighted by Gasteiger charge is 2.19. The maximum absolute atomic E-state index is 12.1. The molecule has 2 aromatic heterocycles. The van der Waals surface area contributed by atoms with E-state index in [1.54, 1.807) is 0 Å². The van der Waals surface area contributed by atoms with Crippen LogP contribution in [0.2, 0.25) is 0 Å². The van der Waals surface area contributed by atoms with E-state index >= 15 is 0 Å². The average molecular weight is 247 g/mol. The van der Waals surface area contributed by atoms with E-state index in [4.69, 9.17) is 4.52 Å². The van der Waals surface area contributed by atoms with E-state index in [9.17, 15) is 4.79 Å². The summed E-state index contributed by atoms with van der Waals surface area (Å²) in [6.45, 7) is 8.34. The molecule has 0 spiro atoms. The van der Waals surface area contributed by atoms with Gasteiger partial charge in [0.05, 0.1) is 16.6 Å². The van der Waals surface area contributed by atoms with Crippen molar-refractivity contribution >= 4 is 17.0 Å². The zero-order chi connectivity index (χ0) is 13.3. The van der Waals surface area contributed by atoms with Crippen molar-refractivity contribution in [3.05, 3.63) is 23.0 Å². The fourth-order valence-corrected chi connectivity index (χ4v) is 1.84. The van der Waals surface area contributed by atoms with E-state index in [-0.39, 0.29) is 11.8 Å². The number of aromatic nitrogens is 2. The number of amides is 1. The van der Waals surface area contributed by atoms with Crippen molar-refractivity contribution in [3.63, 3.8) is 0 Å². The fourth-order valence-electron chi connectivity index (χ4n) is 1.84. The summed E-state index contributed by atoms with van der Waals surface area (Å²) < 4.78 is 5.17. The van der Waals surface area contributed by atoms with Gasteiger partial charge in [-0.25, -0.2) is 4.98 Å². The molecule has 0 bridgehead atoms. The highest BCUT2D eigenvalue weighted by Crippen LogP contribution is 2.24. The maximum Gasteiger partial charge on any atom is 0.259 e. The quantitative estimate of drug-likeness (QED) is 0.904. The van der Waals surface area contributed by atoms with E-state index in [1.165, 1.54) is 0 Å². The van der Waals surface area contributed by atoms with Gasteiger partial charge in [-0.1, -0.05) is 19.0 Å². The lowest BCUT2D eigenvalue weighted by molar-refractivity contribution is 0.0957. The molecule has 2 aromatic rings. The van der Waals surface area contributed by atoms with Crippen molar-refractivity contribution in [1.29, 1.82) is 0 Å². The predicted molar refractivity (Wildman–Crippen MR) is 68.6 cm³/mol. The van der Waals surface area contributed by atoms with Crippen molar-refractivity contribution < 1.29 is 9.32 Å². The molecule has 5 heteroatoms. The first kappa shape index (κ1) is 12.5. The van der Waals surface area contributed by atoms with Gasteiger partial charge in [0.15, 0.2) is 0 Å². The lowest BCUT2D eigenvalue weighted by Gasteiger charge is -2.08. The first-order valence-corrected chi connectivity index (χ1v) is 6.09. The van der Waals surface area contributed by atoms with E-state index in [0.717, 1.165) is 5.69 Å². The van der Waals surface area contributed by atoms with Crippen molar-refractivity contribution in [2.24, 2.45) is 0 Å². The van der Waals surface area contributed by atoms with Gasteiger partial charge in [0, 0.05) is 12.2 Å². The zero-order valence-corrected chi connectivity index (χ0v) is 11.1. The predicted octanol–water partition coefficient (Wildman–Crippen LogP) is 2.40. The molecule has 0 aliphatic carbocycles. The van der Waals surface area contributed by atoms with Gasteiger partial charge in [0.2, 0.25) is 0 Å². The zero-order valence-electron chi connectivity index (χ0n) is 11.1. The Morgan fingerprint density at radius 3 is 2.83 bits per heavy atom. The smallest absolute Gasteiger partial charge is 0.259 e. The fraction of sp³-hybridized carbons (Fsp3) is 0.462. The molecule has 1 N–H and O–H groups in total.